The molecule has 14 heavy (non-hydrogen) atoms. The number of anilines is 1. The molecule has 0 aliphatic carbocycles. The van der Waals surface area contributed by atoms with Crippen LogP contribution in [0.15, 0.2) is 12.1 Å². The molecule has 4 nitrogen and oxygen atoms in total. The zero-order valence-corrected chi connectivity index (χ0v) is 7.33. The van der Waals surface area contributed by atoms with Crippen molar-refractivity contribution in [3.63, 3.8) is 0 Å². The van der Waals surface area contributed by atoms with Crippen LogP contribution in [0.5, 0.6) is 5.75 Å². The molecule has 74 valence electrons. The van der Waals surface area contributed by atoms with Crippen molar-refractivity contribution in [3.05, 3.63) is 17.9 Å². The summed E-state index contributed by atoms with van der Waals surface area (Å²) in [4.78, 5) is 0. The van der Waals surface area contributed by atoms with Crippen molar-refractivity contribution in [3.8, 4) is 5.75 Å². The third-order valence-corrected chi connectivity index (χ3v) is 2.03. The molecule has 0 radical (unpaired) electrons. The number of halogens is 1. The van der Waals surface area contributed by atoms with Crippen LogP contribution >= 0.6 is 0 Å². The number of hydrogen-bond acceptors (Lipinski definition) is 4. The normalized spacial score (nSPS) is 13.9. The van der Waals surface area contributed by atoms with E-state index in [-0.39, 0.29) is 11.2 Å². The monoisotopic (exact) mass is 197 g/mol. The van der Waals surface area contributed by atoms with Gasteiger partial charge in [0.25, 0.3) is 0 Å². The van der Waals surface area contributed by atoms with Gasteiger partial charge in [0.1, 0.15) is 6.61 Å². The van der Waals surface area contributed by atoms with Gasteiger partial charge in [-0.1, -0.05) is 0 Å². The molecule has 0 saturated heterocycles. The fourth-order valence-electron chi connectivity index (χ4n) is 1.38. The second kappa shape index (κ2) is 3.47. The summed E-state index contributed by atoms with van der Waals surface area (Å²) in [5.41, 5.74) is 0.568. The quantitative estimate of drug-likeness (QED) is 0.521. The van der Waals surface area contributed by atoms with Gasteiger partial charge in [-0.15, -0.1) is 0 Å². The fraction of sp³-hybridized carbons (Fsp3) is 0.250. The van der Waals surface area contributed by atoms with E-state index in [9.17, 15) is 4.39 Å². The van der Waals surface area contributed by atoms with Crippen molar-refractivity contribution < 1.29 is 19.2 Å². The van der Waals surface area contributed by atoms with E-state index in [1.54, 1.807) is 0 Å². The van der Waals surface area contributed by atoms with E-state index in [0.717, 1.165) is 6.07 Å². The first-order chi connectivity index (χ1) is 6.68. The SMILES string of the molecule is OB(O)c1cc(F)c2c(c1)NCCO2. The van der Waals surface area contributed by atoms with Crippen molar-refractivity contribution >= 4 is 18.3 Å². The average Bonchev–Trinajstić information content (AvgIpc) is 2.17. The molecule has 0 bridgehead atoms. The Morgan fingerprint density at radius 1 is 1.43 bits per heavy atom. The van der Waals surface area contributed by atoms with Gasteiger partial charge in [0, 0.05) is 6.54 Å². The summed E-state index contributed by atoms with van der Waals surface area (Å²) in [6.07, 6.45) is 0. The standard InChI is InChI=1S/C8H9BFNO3/c10-6-3-5(9(12)13)4-7-8(6)14-2-1-11-7/h3-4,11-13H,1-2H2. The van der Waals surface area contributed by atoms with E-state index in [1.165, 1.54) is 6.07 Å². The van der Waals surface area contributed by atoms with Gasteiger partial charge in [0.2, 0.25) is 0 Å². The molecule has 0 saturated carbocycles. The van der Waals surface area contributed by atoms with Crippen LogP contribution < -0.4 is 15.5 Å². The maximum Gasteiger partial charge on any atom is 0.488 e. The van der Waals surface area contributed by atoms with Gasteiger partial charge in [-0.2, -0.15) is 0 Å². The van der Waals surface area contributed by atoms with Crippen molar-refractivity contribution in [1.29, 1.82) is 0 Å². The van der Waals surface area contributed by atoms with Gasteiger partial charge in [-0.3, -0.25) is 0 Å². The summed E-state index contributed by atoms with van der Waals surface area (Å²) in [6, 6.07) is 2.51. The molecule has 0 aromatic heterocycles. The second-order valence-corrected chi connectivity index (χ2v) is 3.03. The highest BCUT2D eigenvalue weighted by molar-refractivity contribution is 6.58. The predicted octanol–water partition coefficient (Wildman–Crippen LogP) is -0.690. The first-order valence-corrected chi connectivity index (χ1v) is 4.25. The van der Waals surface area contributed by atoms with E-state index < -0.39 is 12.9 Å². The maximum atomic E-state index is 13.3. The Labute approximate surface area is 80.5 Å². The summed E-state index contributed by atoms with van der Waals surface area (Å²) in [5, 5.41) is 20.7. The lowest BCUT2D eigenvalue weighted by Crippen LogP contribution is -2.31. The summed E-state index contributed by atoms with van der Waals surface area (Å²) >= 11 is 0. The molecule has 2 rings (SSSR count). The second-order valence-electron chi connectivity index (χ2n) is 3.03. The zero-order valence-electron chi connectivity index (χ0n) is 7.33. The Morgan fingerprint density at radius 3 is 2.93 bits per heavy atom. The summed E-state index contributed by atoms with van der Waals surface area (Å²) in [6.45, 7) is 0.988. The first kappa shape index (κ1) is 9.30. The topological polar surface area (TPSA) is 61.7 Å². The van der Waals surface area contributed by atoms with Gasteiger partial charge in [-0.25, -0.2) is 4.39 Å². The lowest BCUT2D eigenvalue weighted by molar-refractivity contribution is 0.306. The van der Waals surface area contributed by atoms with Crippen LogP contribution in [0.2, 0.25) is 0 Å². The number of ether oxygens (including phenoxy) is 1. The van der Waals surface area contributed by atoms with E-state index in [1.807, 2.05) is 0 Å². The Kier molecular flexibility index (Phi) is 2.31. The zero-order chi connectivity index (χ0) is 10.1. The maximum absolute atomic E-state index is 13.3. The number of fused-ring (bicyclic) bond motifs is 1. The highest BCUT2D eigenvalue weighted by Gasteiger charge is 2.20. The first-order valence-electron chi connectivity index (χ1n) is 4.25. The molecule has 0 unspecified atom stereocenters. The summed E-state index contributed by atoms with van der Waals surface area (Å²) in [5.74, 6) is -0.446. The molecule has 1 aromatic rings. The lowest BCUT2D eigenvalue weighted by Gasteiger charge is -2.20. The summed E-state index contributed by atoms with van der Waals surface area (Å²) in [7, 11) is -1.67. The minimum absolute atomic E-state index is 0.110. The molecule has 1 aliphatic rings. The molecule has 0 atom stereocenters. The Morgan fingerprint density at radius 2 is 2.21 bits per heavy atom. The predicted molar refractivity (Wildman–Crippen MR) is 50.2 cm³/mol. The fourth-order valence-corrected chi connectivity index (χ4v) is 1.38. The van der Waals surface area contributed by atoms with Gasteiger partial charge < -0.3 is 20.1 Å². The number of rotatable bonds is 1. The average molecular weight is 197 g/mol. The molecule has 1 aliphatic heterocycles. The Hall–Kier alpha value is -1.27. The molecule has 0 spiro atoms. The van der Waals surface area contributed by atoms with Crippen LogP contribution in [0.4, 0.5) is 10.1 Å². The third-order valence-electron chi connectivity index (χ3n) is 2.03. The van der Waals surface area contributed by atoms with Gasteiger partial charge in [0.05, 0.1) is 5.69 Å². The molecule has 3 N–H and O–H groups in total. The van der Waals surface area contributed by atoms with Crippen LogP contribution in [0.25, 0.3) is 0 Å². The van der Waals surface area contributed by atoms with E-state index in [4.69, 9.17) is 14.8 Å². The van der Waals surface area contributed by atoms with Crippen molar-refractivity contribution in [1.82, 2.24) is 0 Å². The van der Waals surface area contributed by atoms with Crippen molar-refractivity contribution in [2.75, 3.05) is 18.5 Å². The molecular weight excluding hydrogens is 188 g/mol. The van der Waals surface area contributed by atoms with E-state index in [0.29, 0.717) is 18.8 Å². The van der Waals surface area contributed by atoms with Gasteiger partial charge >= 0.3 is 7.12 Å². The van der Waals surface area contributed by atoms with E-state index >= 15 is 0 Å². The Bertz CT molecular complexity index is 359. The smallest absolute Gasteiger partial charge is 0.486 e. The molecule has 0 fully saturated rings. The van der Waals surface area contributed by atoms with Crippen LogP contribution in [-0.4, -0.2) is 30.3 Å². The largest absolute Gasteiger partial charge is 0.488 e. The molecule has 1 heterocycles. The van der Waals surface area contributed by atoms with E-state index in [2.05, 4.69) is 5.32 Å². The van der Waals surface area contributed by atoms with Crippen molar-refractivity contribution in [2.24, 2.45) is 0 Å². The minimum atomic E-state index is -1.67. The highest BCUT2D eigenvalue weighted by Crippen LogP contribution is 2.28. The molecule has 1 aromatic carbocycles. The van der Waals surface area contributed by atoms with Crippen LogP contribution in [0.1, 0.15) is 0 Å². The van der Waals surface area contributed by atoms with Crippen LogP contribution in [0, 0.1) is 5.82 Å². The number of benzene rings is 1. The third kappa shape index (κ3) is 1.54. The summed E-state index contributed by atoms with van der Waals surface area (Å²) < 4.78 is 18.4. The van der Waals surface area contributed by atoms with Crippen LogP contribution in [0.3, 0.4) is 0 Å². The molecular formula is C8H9BFNO3. The number of hydrogen-bond donors (Lipinski definition) is 3. The highest BCUT2D eigenvalue weighted by atomic mass is 19.1. The van der Waals surface area contributed by atoms with Gasteiger partial charge in [0.15, 0.2) is 11.6 Å². The number of nitrogens with one attached hydrogen (secondary N) is 1. The minimum Gasteiger partial charge on any atom is -0.486 e. The lowest BCUT2D eigenvalue weighted by atomic mass is 9.80. The van der Waals surface area contributed by atoms with Crippen molar-refractivity contribution in [2.45, 2.75) is 0 Å². The van der Waals surface area contributed by atoms with Gasteiger partial charge in [-0.05, 0) is 17.6 Å². The molecule has 0 amide bonds. The molecule has 6 heteroatoms. The Balaban J connectivity index is 2.46. The van der Waals surface area contributed by atoms with Crippen LogP contribution in [-0.2, 0) is 0 Å².